The molecule has 27 heavy (non-hydrogen) atoms. The van der Waals surface area contributed by atoms with Crippen LogP contribution in [0.25, 0.3) is 0 Å². The lowest BCUT2D eigenvalue weighted by Gasteiger charge is -2.28. The summed E-state index contributed by atoms with van der Waals surface area (Å²) in [5.41, 5.74) is 3.94. The lowest BCUT2D eigenvalue weighted by atomic mass is 9.76. The number of phenols is 1. The molecule has 1 heteroatoms. The van der Waals surface area contributed by atoms with E-state index in [1.54, 1.807) is 6.07 Å². The first-order chi connectivity index (χ1) is 13.0. The van der Waals surface area contributed by atoms with Crippen molar-refractivity contribution in [1.82, 2.24) is 0 Å². The first kappa shape index (κ1) is 21.5. The molecule has 0 bridgehead atoms. The predicted molar refractivity (Wildman–Crippen MR) is 118 cm³/mol. The quantitative estimate of drug-likeness (QED) is 0.383. The van der Waals surface area contributed by atoms with Gasteiger partial charge >= 0.3 is 0 Å². The summed E-state index contributed by atoms with van der Waals surface area (Å²) in [5, 5.41) is 10.2. The van der Waals surface area contributed by atoms with Crippen LogP contribution in [0, 0.1) is 0 Å². The summed E-state index contributed by atoms with van der Waals surface area (Å²) in [4.78, 5) is 0. The average Bonchev–Trinajstić information content (AvgIpc) is 2.66. The van der Waals surface area contributed by atoms with Crippen LogP contribution in [0.15, 0.2) is 48.5 Å². The summed E-state index contributed by atoms with van der Waals surface area (Å²) in [6, 6.07) is 16.6. The van der Waals surface area contributed by atoms with E-state index in [0.29, 0.717) is 5.75 Å². The van der Waals surface area contributed by atoms with Crippen LogP contribution in [0.2, 0.25) is 0 Å². The van der Waals surface area contributed by atoms with E-state index in [4.69, 9.17) is 0 Å². The van der Waals surface area contributed by atoms with E-state index in [1.165, 1.54) is 62.5 Å². The van der Waals surface area contributed by atoms with E-state index >= 15 is 0 Å². The van der Waals surface area contributed by atoms with Crippen LogP contribution in [0.3, 0.4) is 0 Å². The number of unbranched alkanes of at least 4 members (excludes halogenated alkanes) is 7. The van der Waals surface area contributed by atoms with Gasteiger partial charge in [0.1, 0.15) is 5.75 Å². The molecule has 0 aromatic heterocycles. The Hall–Kier alpha value is -1.76. The topological polar surface area (TPSA) is 20.2 Å². The Morgan fingerprint density at radius 3 is 1.93 bits per heavy atom. The molecule has 0 saturated carbocycles. The monoisotopic (exact) mass is 366 g/mol. The molecule has 0 aliphatic heterocycles. The Labute approximate surface area is 166 Å². The third-order valence-electron chi connectivity index (χ3n) is 5.67. The van der Waals surface area contributed by atoms with E-state index in [0.717, 1.165) is 18.4 Å². The van der Waals surface area contributed by atoms with Crippen LogP contribution < -0.4 is 0 Å². The van der Waals surface area contributed by atoms with Crippen LogP contribution in [-0.4, -0.2) is 5.11 Å². The van der Waals surface area contributed by atoms with Gasteiger partial charge in [-0.1, -0.05) is 108 Å². The lowest BCUT2D eigenvalue weighted by molar-refractivity contribution is 0.449. The summed E-state index contributed by atoms with van der Waals surface area (Å²) in [6.07, 6.45) is 12.9. The highest BCUT2D eigenvalue weighted by atomic mass is 16.3. The predicted octanol–water partition coefficient (Wildman–Crippen LogP) is 7.60. The minimum Gasteiger partial charge on any atom is -0.508 e. The zero-order valence-electron chi connectivity index (χ0n) is 17.6. The minimum absolute atomic E-state index is 0.00950. The van der Waals surface area contributed by atoms with Gasteiger partial charge in [-0.3, -0.25) is 0 Å². The summed E-state index contributed by atoms with van der Waals surface area (Å²) < 4.78 is 0. The molecular formula is C26H38O. The van der Waals surface area contributed by atoms with Gasteiger partial charge in [0.25, 0.3) is 0 Å². The van der Waals surface area contributed by atoms with E-state index in [9.17, 15) is 5.11 Å². The van der Waals surface area contributed by atoms with Gasteiger partial charge in [0.2, 0.25) is 0 Å². The zero-order chi connectivity index (χ0) is 19.5. The Balaban J connectivity index is 1.91. The smallest absolute Gasteiger partial charge is 0.118 e. The lowest BCUT2D eigenvalue weighted by Crippen LogP contribution is -2.22. The molecule has 1 nitrogen and oxygen atoms in total. The fourth-order valence-electron chi connectivity index (χ4n) is 4.08. The van der Waals surface area contributed by atoms with Crippen molar-refractivity contribution in [3.05, 3.63) is 65.2 Å². The van der Waals surface area contributed by atoms with E-state index in [1.807, 2.05) is 18.2 Å². The van der Waals surface area contributed by atoms with Gasteiger partial charge < -0.3 is 5.11 Å². The van der Waals surface area contributed by atoms with Crippen LogP contribution in [0.4, 0.5) is 0 Å². The Bertz CT molecular complexity index is 671. The molecule has 0 amide bonds. The number of aryl methyl sites for hydroxylation is 1. The number of para-hydroxylation sites is 1. The Morgan fingerprint density at radius 1 is 0.704 bits per heavy atom. The molecule has 2 aromatic carbocycles. The molecule has 0 heterocycles. The van der Waals surface area contributed by atoms with Crippen LogP contribution in [0.1, 0.15) is 88.8 Å². The molecule has 0 spiro atoms. The van der Waals surface area contributed by atoms with Gasteiger partial charge in [-0.25, -0.2) is 0 Å². The number of benzene rings is 2. The SMILES string of the molecule is CCCCCCCCCCc1ccccc1C(C)(C)Cc1ccccc1O. The molecule has 0 aliphatic carbocycles. The first-order valence-electron chi connectivity index (χ1n) is 10.9. The van der Waals surface area contributed by atoms with Crippen molar-refractivity contribution in [2.24, 2.45) is 0 Å². The van der Waals surface area contributed by atoms with Crippen LogP contribution in [0.5, 0.6) is 5.75 Å². The molecule has 0 unspecified atom stereocenters. The molecule has 0 fully saturated rings. The second kappa shape index (κ2) is 11.2. The number of aromatic hydroxyl groups is 1. The maximum atomic E-state index is 10.2. The van der Waals surface area contributed by atoms with Gasteiger partial charge in [-0.15, -0.1) is 0 Å². The Morgan fingerprint density at radius 2 is 1.26 bits per heavy atom. The van der Waals surface area contributed by atoms with Crippen molar-refractivity contribution in [3.8, 4) is 5.75 Å². The molecule has 0 aliphatic rings. The molecule has 0 saturated heterocycles. The normalized spacial score (nSPS) is 11.7. The third-order valence-corrected chi connectivity index (χ3v) is 5.67. The van der Waals surface area contributed by atoms with Crippen molar-refractivity contribution in [2.45, 2.75) is 90.4 Å². The maximum Gasteiger partial charge on any atom is 0.118 e. The van der Waals surface area contributed by atoms with Gasteiger partial charge in [0.05, 0.1) is 0 Å². The molecule has 148 valence electrons. The zero-order valence-corrected chi connectivity index (χ0v) is 17.6. The highest BCUT2D eigenvalue weighted by Crippen LogP contribution is 2.33. The number of hydrogen-bond donors (Lipinski definition) is 1. The fraction of sp³-hybridized carbons (Fsp3) is 0.538. The van der Waals surface area contributed by atoms with Crippen LogP contribution >= 0.6 is 0 Å². The highest BCUT2D eigenvalue weighted by molar-refractivity contribution is 5.39. The molecule has 2 aromatic rings. The maximum absolute atomic E-state index is 10.2. The highest BCUT2D eigenvalue weighted by Gasteiger charge is 2.24. The standard InChI is InChI=1S/C26H38O/c1-4-5-6-7-8-9-10-11-16-22-17-12-14-19-24(22)26(2,3)21-23-18-13-15-20-25(23)27/h12-15,17-20,27H,4-11,16,21H2,1-3H3. The minimum atomic E-state index is 0.00950. The van der Waals surface area contributed by atoms with Gasteiger partial charge in [-0.2, -0.15) is 0 Å². The van der Waals surface area contributed by atoms with Gasteiger partial charge in [0, 0.05) is 0 Å². The van der Waals surface area contributed by atoms with E-state index < -0.39 is 0 Å². The summed E-state index contributed by atoms with van der Waals surface area (Å²) in [5.74, 6) is 0.408. The fourth-order valence-corrected chi connectivity index (χ4v) is 4.08. The van der Waals surface area contributed by atoms with Crippen LogP contribution in [-0.2, 0) is 18.3 Å². The van der Waals surface area contributed by atoms with Crippen molar-refractivity contribution in [1.29, 1.82) is 0 Å². The summed E-state index contributed by atoms with van der Waals surface area (Å²) >= 11 is 0. The average molecular weight is 367 g/mol. The molecule has 2 rings (SSSR count). The third kappa shape index (κ3) is 7.05. The van der Waals surface area contributed by atoms with E-state index in [2.05, 4.69) is 45.0 Å². The summed E-state index contributed by atoms with van der Waals surface area (Å²) in [6.45, 7) is 6.87. The summed E-state index contributed by atoms with van der Waals surface area (Å²) in [7, 11) is 0. The molecule has 0 atom stereocenters. The van der Waals surface area contributed by atoms with Crippen molar-refractivity contribution < 1.29 is 5.11 Å². The molecular weight excluding hydrogens is 328 g/mol. The second-order valence-electron chi connectivity index (χ2n) is 8.57. The Kier molecular flexibility index (Phi) is 8.91. The number of hydrogen-bond acceptors (Lipinski definition) is 1. The van der Waals surface area contributed by atoms with Crippen molar-refractivity contribution in [2.75, 3.05) is 0 Å². The first-order valence-corrected chi connectivity index (χ1v) is 10.9. The van der Waals surface area contributed by atoms with Crippen molar-refractivity contribution >= 4 is 0 Å². The number of phenolic OH excluding ortho intramolecular Hbond substituents is 1. The largest absolute Gasteiger partial charge is 0.508 e. The van der Waals surface area contributed by atoms with E-state index in [-0.39, 0.29) is 5.41 Å². The second-order valence-corrected chi connectivity index (χ2v) is 8.57. The molecule has 1 N–H and O–H groups in total. The van der Waals surface area contributed by atoms with Gasteiger partial charge in [0.15, 0.2) is 0 Å². The van der Waals surface area contributed by atoms with Gasteiger partial charge in [-0.05, 0) is 47.4 Å². The number of rotatable bonds is 12. The molecule has 0 radical (unpaired) electrons. The van der Waals surface area contributed by atoms with Crippen molar-refractivity contribution in [3.63, 3.8) is 0 Å².